The van der Waals surface area contributed by atoms with Crippen LogP contribution < -0.4 is 5.32 Å². The molecule has 0 aliphatic carbocycles. The first-order valence-electron chi connectivity index (χ1n) is 29.0. The van der Waals surface area contributed by atoms with Crippen LogP contribution in [0, 0.1) is 0 Å². The summed E-state index contributed by atoms with van der Waals surface area (Å²) in [6.07, 6.45) is 85.8. The molecule has 0 heterocycles. The fourth-order valence-corrected chi connectivity index (χ4v) is 8.43. The second-order valence-electron chi connectivity index (χ2n) is 19.3. The zero-order valence-electron chi connectivity index (χ0n) is 44.4. The van der Waals surface area contributed by atoms with Crippen LogP contribution >= 0.6 is 0 Å². The summed E-state index contributed by atoms with van der Waals surface area (Å²) in [6.45, 7) is 4.19. The molecule has 0 fully saturated rings. The fraction of sp³-hybridized carbons (Fsp3) is 0.730. The van der Waals surface area contributed by atoms with Crippen LogP contribution in [0.25, 0.3) is 0 Å². The molecule has 0 saturated carbocycles. The van der Waals surface area contributed by atoms with E-state index in [4.69, 9.17) is 0 Å². The smallest absolute Gasteiger partial charge is 0.220 e. The molecule has 0 aliphatic rings. The van der Waals surface area contributed by atoms with E-state index in [1.165, 1.54) is 186 Å². The zero-order valence-corrected chi connectivity index (χ0v) is 44.4. The first kappa shape index (κ1) is 64.3. The van der Waals surface area contributed by atoms with Crippen LogP contribution in [0.5, 0.6) is 0 Å². The molecular formula is C63H111NO3. The van der Waals surface area contributed by atoms with Crippen molar-refractivity contribution in [2.75, 3.05) is 6.61 Å². The molecule has 0 spiro atoms. The summed E-state index contributed by atoms with van der Waals surface area (Å²) in [4.78, 5) is 12.5. The SMILES string of the molecule is CC/C=C\C/C=C\C/C=C\C/C=C\C/C=C\C/C=C\CCCCCCCCCCCCCCCCCCCCCCC(=O)NC(CO)C(O)/C=C/CC/C=C/CCCCCCCCCCCC. The third-order valence-electron chi connectivity index (χ3n) is 12.8. The second kappa shape index (κ2) is 57.6. The van der Waals surface area contributed by atoms with E-state index in [-0.39, 0.29) is 12.5 Å². The van der Waals surface area contributed by atoms with Gasteiger partial charge < -0.3 is 15.5 Å². The van der Waals surface area contributed by atoms with Crippen molar-refractivity contribution in [1.29, 1.82) is 0 Å². The van der Waals surface area contributed by atoms with Gasteiger partial charge in [0, 0.05) is 6.42 Å². The Labute approximate surface area is 417 Å². The van der Waals surface area contributed by atoms with Gasteiger partial charge in [-0.15, -0.1) is 0 Å². The third-order valence-corrected chi connectivity index (χ3v) is 12.8. The average Bonchev–Trinajstić information content (AvgIpc) is 3.33. The Morgan fingerprint density at radius 1 is 0.373 bits per heavy atom. The molecule has 2 unspecified atom stereocenters. The lowest BCUT2D eigenvalue weighted by Gasteiger charge is -2.19. The number of rotatable bonds is 52. The van der Waals surface area contributed by atoms with Crippen molar-refractivity contribution in [3.05, 3.63) is 97.2 Å². The lowest BCUT2D eigenvalue weighted by molar-refractivity contribution is -0.123. The summed E-state index contributed by atoms with van der Waals surface area (Å²) < 4.78 is 0. The van der Waals surface area contributed by atoms with E-state index in [0.29, 0.717) is 6.42 Å². The van der Waals surface area contributed by atoms with Crippen molar-refractivity contribution in [1.82, 2.24) is 5.32 Å². The summed E-state index contributed by atoms with van der Waals surface area (Å²) in [5, 5.41) is 23.1. The number of carbonyl (C=O) groups is 1. The van der Waals surface area contributed by atoms with Crippen LogP contribution in [0.15, 0.2) is 97.2 Å². The molecule has 67 heavy (non-hydrogen) atoms. The summed E-state index contributed by atoms with van der Waals surface area (Å²) in [5.41, 5.74) is 0. The minimum Gasteiger partial charge on any atom is -0.394 e. The van der Waals surface area contributed by atoms with Gasteiger partial charge in [0.1, 0.15) is 0 Å². The van der Waals surface area contributed by atoms with E-state index in [0.717, 1.165) is 70.6 Å². The highest BCUT2D eigenvalue weighted by Gasteiger charge is 2.18. The minimum atomic E-state index is -0.864. The van der Waals surface area contributed by atoms with E-state index in [2.05, 4.69) is 104 Å². The Morgan fingerprint density at radius 3 is 1.04 bits per heavy atom. The van der Waals surface area contributed by atoms with Crippen molar-refractivity contribution in [2.24, 2.45) is 0 Å². The van der Waals surface area contributed by atoms with Crippen LogP contribution in [-0.4, -0.2) is 34.9 Å². The predicted octanol–water partition coefficient (Wildman–Crippen LogP) is 19.3. The van der Waals surface area contributed by atoms with E-state index in [9.17, 15) is 15.0 Å². The molecule has 0 saturated heterocycles. The van der Waals surface area contributed by atoms with Gasteiger partial charge in [-0.25, -0.2) is 0 Å². The maximum atomic E-state index is 12.5. The Kier molecular flexibility index (Phi) is 55.3. The highest BCUT2D eigenvalue weighted by Crippen LogP contribution is 2.16. The summed E-state index contributed by atoms with van der Waals surface area (Å²) in [5.74, 6) is -0.0731. The van der Waals surface area contributed by atoms with Gasteiger partial charge >= 0.3 is 0 Å². The molecule has 0 aromatic rings. The van der Waals surface area contributed by atoms with E-state index >= 15 is 0 Å². The Bertz CT molecular complexity index is 1240. The zero-order chi connectivity index (χ0) is 48.5. The molecule has 4 heteroatoms. The first-order valence-corrected chi connectivity index (χ1v) is 29.0. The van der Waals surface area contributed by atoms with Gasteiger partial charge in [-0.3, -0.25) is 4.79 Å². The van der Waals surface area contributed by atoms with Crippen molar-refractivity contribution in [3.8, 4) is 0 Å². The Hall–Kier alpha value is -2.69. The van der Waals surface area contributed by atoms with E-state index in [1.54, 1.807) is 6.08 Å². The maximum absolute atomic E-state index is 12.5. The van der Waals surface area contributed by atoms with Gasteiger partial charge in [0.15, 0.2) is 0 Å². The summed E-state index contributed by atoms with van der Waals surface area (Å²) in [7, 11) is 0. The van der Waals surface area contributed by atoms with Gasteiger partial charge in [0.2, 0.25) is 5.91 Å². The van der Waals surface area contributed by atoms with Crippen molar-refractivity contribution >= 4 is 5.91 Å². The highest BCUT2D eigenvalue weighted by molar-refractivity contribution is 5.76. The van der Waals surface area contributed by atoms with Crippen LogP contribution in [0.3, 0.4) is 0 Å². The fourth-order valence-electron chi connectivity index (χ4n) is 8.43. The molecule has 2 atom stereocenters. The highest BCUT2D eigenvalue weighted by atomic mass is 16.3. The number of hydrogen-bond donors (Lipinski definition) is 3. The maximum Gasteiger partial charge on any atom is 0.220 e. The van der Waals surface area contributed by atoms with Gasteiger partial charge in [-0.1, -0.05) is 284 Å². The Balaban J connectivity index is 3.49. The number of carbonyl (C=O) groups excluding carboxylic acids is 1. The molecular weight excluding hydrogens is 819 g/mol. The third kappa shape index (κ3) is 54.1. The van der Waals surface area contributed by atoms with Gasteiger partial charge in [0.25, 0.3) is 0 Å². The molecule has 1 amide bonds. The second-order valence-corrected chi connectivity index (χ2v) is 19.3. The molecule has 0 aliphatic heterocycles. The van der Waals surface area contributed by atoms with Crippen molar-refractivity contribution in [3.63, 3.8) is 0 Å². The van der Waals surface area contributed by atoms with Gasteiger partial charge in [-0.2, -0.15) is 0 Å². The van der Waals surface area contributed by atoms with Crippen molar-refractivity contribution in [2.45, 2.75) is 289 Å². The number of allylic oxidation sites excluding steroid dienone is 15. The van der Waals surface area contributed by atoms with Crippen LogP contribution in [0.4, 0.5) is 0 Å². The number of aliphatic hydroxyl groups is 2. The van der Waals surface area contributed by atoms with Gasteiger partial charge in [-0.05, 0) is 83.5 Å². The van der Waals surface area contributed by atoms with Gasteiger partial charge in [0.05, 0.1) is 18.8 Å². The minimum absolute atomic E-state index is 0.0731. The average molecular weight is 931 g/mol. The normalized spacial score (nSPS) is 13.6. The molecule has 3 N–H and O–H groups in total. The van der Waals surface area contributed by atoms with E-state index < -0.39 is 12.1 Å². The quantitative estimate of drug-likeness (QED) is 0.0420. The molecule has 386 valence electrons. The lowest BCUT2D eigenvalue weighted by Crippen LogP contribution is -2.45. The number of nitrogens with one attached hydrogen (secondary N) is 1. The topological polar surface area (TPSA) is 69.6 Å². The molecule has 0 aromatic heterocycles. The lowest BCUT2D eigenvalue weighted by atomic mass is 10.0. The Morgan fingerprint density at radius 2 is 0.672 bits per heavy atom. The number of aliphatic hydroxyl groups excluding tert-OH is 2. The summed E-state index contributed by atoms with van der Waals surface area (Å²) >= 11 is 0. The molecule has 0 radical (unpaired) electrons. The first-order chi connectivity index (χ1) is 33.2. The van der Waals surface area contributed by atoms with Crippen LogP contribution in [0.1, 0.15) is 277 Å². The predicted molar refractivity (Wildman–Crippen MR) is 299 cm³/mol. The van der Waals surface area contributed by atoms with Crippen LogP contribution in [-0.2, 0) is 4.79 Å². The van der Waals surface area contributed by atoms with Crippen molar-refractivity contribution < 1.29 is 15.0 Å². The number of amides is 1. The number of unbranched alkanes of at least 4 members (excludes halogenated alkanes) is 31. The molecule has 0 bridgehead atoms. The van der Waals surface area contributed by atoms with E-state index in [1.807, 2.05) is 6.08 Å². The molecule has 4 nitrogen and oxygen atoms in total. The summed E-state index contributed by atoms with van der Waals surface area (Å²) in [6, 6.07) is -0.641. The monoisotopic (exact) mass is 930 g/mol. The largest absolute Gasteiger partial charge is 0.394 e. The molecule has 0 aromatic carbocycles. The standard InChI is InChI=1S/C63H111NO3/c1-3-5-7-9-11-13-15-17-19-21-22-23-24-25-26-27-28-29-30-31-32-33-34-35-36-37-38-39-40-41-42-43-45-47-49-51-53-55-57-59-63(67)64-61(60-65)62(66)58-56-54-52-50-48-46-44-20-18-16-14-12-10-8-6-4-2/h5,7,11,13,17,19,22-23,25-26,28-29,48,50,56,58,61-62,65-66H,3-4,6,8-10,12,14-16,18,20-21,24,27,30-47,49,51-55,57,59-60H2,1-2H3,(H,64,67)/b7-5-,13-11-,19-17-,23-22-,26-25-,29-28-,50-48+,58-56+. The number of hydrogen-bond acceptors (Lipinski definition) is 3. The van der Waals surface area contributed by atoms with Crippen LogP contribution in [0.2, 0.25) is 0 Å². The molecule has 0 rings (SSSR count).